The third-order valence-electron chi connectivity index (χ3n) is 8.68. The van der Waals surface area contributed by atoms with Crippen LogP contribution in [-0.4, -0.2) is 107 Å². The van der Waals surface area contributed by atoms with Crippen molar-refractivity contribution in [2.75, 3.05) is 38.5 Å². The van der Waals surface area contributed by atoms with Crippen LogP contribution in [0, 0.1) is 5.41 Å². The molecule has 4 aromatic rings. The number of nitrogens with zero attached hydrogens (tertiary/aromatic N) is 7. The summed E-state index contributed by atoms with van der Waals surface area (Å²) in [4.78, 5) is 46.4. The molecule has 47 heavy (non-hydrogen) atoms. The average molecular weight is 699 g/mol. The molecule has 10 atom stereocenters. The molecule has 4 aromatic heterocycles. The quantitative estimate of drug-likeness (QED) is 0.177. The van der Waals surface area contributed by atoms with Crippen molar-refractivity contribution < 1.29 is 46.7 Å². The molecule has 1 aliphatic carbocycles. The lowest BCUT2D eigenvalue weighted by Crippen LogP contribution is -2.39. The Morgan fingerprint density at radius 1 is 1.09 bits per heavy atom. The molecule has 254 valence electrons. The van der Waals surface area contributed by atoms with Gasteiger partial charge in [0.15, 0.2) is 28.9 Å². The van der Waals surface area contributed by atoms with Gasteiger partial charge in [-0.1, -0.05) is 6.92 Å². The van der Waals surface area contributed by atoms with Crippen molar-refractivity contribution >= 4 is 49.5 Å². The van der Waals surface area contributed by atoms with Crippen LogP contribution in [0.5, 0.6) is 0 Å². The van der Waals surface area contributed by atoms with E-state index in [1.54, 1.807) is 11.5 Å². The predicted octanol–water partition coefficient (Wildman–Crippen LogP) is 0.0888. The minimum Gasteiger partial charge on any atom is -0.388 e. The number of hydrogen-bond acceptors (Lipinski definition) is 17. The van der Waals surface area contributed by atoms with Crippen LogP contribution in [0.25, 0.3) is 22.3 Å². The second kappa shape index (κ2) is 11.4. The number of nitrogen functional groups attached to an aromatic ring is 2. The van der Waals surface area contributed by atoms with Crippen molar-refractivity contribution in [3.63, 3.8) is 0 Å². The lowest BCUT2D eigenvalue weighted by molar-refractivity contribution is -0.0695. The van der Waals surface area contributed by atoms with E-state index in [0.29, 0.717) is 11.2 Å². The summed E-state index contributed by atoms with van der Waals surface area (Å²) in [5.74, 6) is -0.0569. The number of phosphoric acid groups is 1. The zero-order valence-electron chi connectivity index (χ0n) is 25.1. The summed E-state index contributed by atoms with van der Waals surface area (Å²) in [7, 11) is -7.59. The maximum Gasteiger partial charge on any atom is 0.472 e. The number of aliphatic hydroxyl groups is 1. The molecule has 2 saturated heterocycles. The van der Waals surface area contributed by atoms with Gasteiger partial charge in [0.1, 0.15) is 42.4 Å². The molecule has 1 saturated carbocycles. The van der Waals surface area contributed by atoms with Crippen molar-refractivity contribution in [1.82, 2.24) is 39.0 Å². The Morgan fingerprint density at radius 3 is 2.60 bits per heavy atom. The molecule has 0 spiro atoms. The van der Waals surface area contributed by atoms with E-state index in [4.69, 9.17) is 39.0 Å². The molecule has 3 fully saturated rings. The van der Waals surface area contributed by atoms with Crippen LogP contribution in [0.15, 0.2) is 23.8 Å². The Bertz CT molecular complexity index is 2000. The Labute approximate surface area is 264 Å². The molecule has 2 bridgehead atoms. The molecule has 0 aromatic carbocycles. The summed E-state index contributed by atoms with van der Waals surface area (Å²) in [6.45, 7) is 1.97. The molecule has 0 amide bonds. The first-order chi connectivity index (χ1) is 22.2. The van der Waals surface area contributed by atoms with Crippen molar-refractivity contribution in [1.29, 1.82) is 0 Å². The number of imidazole rings is 2. The third kappa shape index (κ3) is 5.55. The van der Waals surface area contributed by atoms with E-state index in [1.807, 2.05) is 0 Å². The standard InChI is InChI=1S/C24H32N10O11P2/c1-24-4-10(33-8-29-12-18(25)27-7-28-19(12)33)14(35)17(24)45-47(38,39)41-5-11-15(40-2)16(44-46(3,37)42-6-24)22(43-11)34-9-30-13-20(34)31-23(26)32-21(13)36/h7-11,14-17,22,35H,4-6H2,1-3H3,(H,38,39)(H2,25,27,28)(H3,26,31,32,36)/t10-,11-,14+,15-,16-,17+,22-,24-,46?/m1/s1. The third-order valence-corrected chi connectivity index (χ3v) is 10.9. The van der Waals surface area contributed by atoms with Gasteiger partial charge in [-0.25, -0.2) is 24.5 Å². The van der Waals surface area contributed by atoms with Gasteiger partial charge < -0.3 is 40.0 Å². The van der Waals surface area contributed by atoms with Crippen LogP contribution in [-0.2, 0) is 36.7 Å². The number of fused-ring (bicyclic) bond motifs is 5. The van der Waals surface area contributed by atoms with Crippen molar-refractivity contribution in [3.8, 4) is 0 Å². The molecule has 7 N–H and O–H groups in total. The van der Waals surface area contributed by atoms with Crippen LogP contribution in [0.4, 0.5) is 11.8 Å². The second-order valence-corrected chi connectivity index (χ2v) is 15.4. The lowest BCUT2D eigenvalue weighted by Gasteiger charge is -2.34. The smallest absolute Gasteiger partial charge is 0.388 e. The fraction of sp³-hybridized carbons (Fsp3) is 0.583. The van der Waals surface area contributed by atoms with Crippen molar-refractivity contribution in [3.05, 3.63) is 29.3 Å². The summed E-state index contributed by atoms with van der Waals surface area (Å²) in [5.41, 5.74) is 10.5. The monoisotopic (exact) mass is 698 g/mol. The first-order valence-electron chi connectivity index (χ1n) is 14.3. The summed E-state index contributed by atoms with van der Waals surface area (Å²) < 4.78 is 65.2. The van der Waals surface area contributed by atoms with Gasteiger partial charge in [0, 0.05) is 19.2 Å². The number of rotatable bonds is 3. The predicted molar refractivity (Wildman–Crippen MR) is 160 cm³/mol. The molecule has 7 rings (SSSR count). The minimum atomic E-state index is -4.92. The number of anilines is 2. The SMILES string of the molecule is CO[C@H]1[C@H]2OP(C)(=O)OC[C@@]3(C)C[C@@H](n4cnc5c(N)ncnc54)[C@H](O)[C@@H]3OP(=O)(O)OC[C@H]1O[C@H]2n1cnc2c(=O)[nH]c(N)nc21. The number of nitrogens with one attached hydrogen (secondary N) is 1. The fourth-order valence-corrected chi connectivity index (χ4v) is 8.80. The Hall–Kier alpha value is -3.36. The first-order valence-corrected chi connectivity index (χ1v) is 17.8. The number of H-pyrrole nitrogens is 1. The Morgan fingerprint density at radius 2 is 1.83 bits per heavy atom. The average Bonchev–Trinajstić information content (AvgIpc) is 3.75. The second-order valence-electron chi connectivity index (χ2n) is 11.9. The fourth-order valence-electron chi connectivity index (χ4n) is 6.49. The van der Waals surface area contributed by atoms with Crippen molar-refractivity contribution in [2.45, 2.75) is 56.1 Å². The Kier molecular flexibility index (Phi) is 7.79. The highest BCUT2D eigenvalue weighted by Crippen LogP contribution is 2.58. The molecule has 6 heterocycles. The number of methoxy groups -OCH3 is 1. The molecule has 23 heteroatoms. The van der Waals surface area contributed by atoms with Gasteiger partial charge in [0.25, 0.3) is 5.56 Å². The van der Waals surface area contributed by atoms with Crippen molar-refractivity contribution in [2.24, 2.45) is 5.41 Å². The molecule has 3 aliphatic rings. The van der Waals surface area contributed by atoms with E-state index in [9.17, 15) is 23.9 Å². The molecule has 2 unspecified atom stereocenters. The van der Waals surface area contributed by atoms with Crippen LogP contribution in [0.3, 0.4) is 0 Å². The van der Waals surface area contributed by atoms with Gasteiger partial charge >= 0.3 is 15.4 Å². The number of nitrogens with two attached hydrogens (primary N) is 2. The van der Waals surface area contributed by atoms with E-state index in [1.165, 1.54) is 37.3 Å². The summed E-state index contributed by atoms with van der Waals surface area (Å²) in [6, 6.07) is -0.794. The van der Waals surface area contributed by atoms with E-state index in [0.717, 1.165) is 0 Å². The van der Waals surface area contributed by atoms with Crippen LogP contribution < -0.4 is 17.0 Å². The van der Waals surface area contributed by atoms with Gasteiger partial charge in [0.2, 0.25) is 5.95 Å². The highest BCUT2D eigenvalue weighted by atomic mass is 31.2. The number of aromatic amines is 1. The lowest BCUT2D eigenvalue weighted by atomic mass is 9.87. The summed E-state index contributed by atoms with van der Waals surface area (Å²) in [5, 5.41) is 11.5. The van der Waals surface area contributed by atoms with Crippen LogP contribution in [0.2, 0.25) is 0 Å². The van der Waals surface area contributed by atoms with E-state index in [-0.39, 0.29) is 36.0 Å². The Balaban J connectivity index is 1.24. The van der Waals surface area contributed by atoms with E-state index >= 15 is 0 Å². The van der Waals surface area contributed by atoms with Crippen LogP contribution >= 0.6 is 15.4 Å². The largest absolute Gasteiger partial charge is 0.472 e. The highest BCUT2D eigenvalue weighted by molar-refractivity contribution is 7.53. The van der Waals surface area contributed by atoms with E-state index < -0.39 is 75.8 Å². The molecule has 0 radical (unpaired) electrons. The summed E-state index contributed by atoms with van der Waals surface area (Å²) in [6.07, 6.45) is -3.28. The molecular weight excluding hydrogens is 666 g/mol. The maximum atomic E-state index is 14.0. The number of hydrogen-bond donors (Lipinski definition) is 5. The maximum absolute atomic E-state index is 14.0. The normalized spacial score (nSPS) is 38.2. The summed E-state index contributed by atoms with van der Waals surface area (Å²) >= 11 is 0. The number of aromatic nitrogens is 8. The van der Waals surface area contributed by atoms with Gasteiger partial charge in [-0.05, 0) is 6.42 Å². The topological polar surface area (TPSA) is 289 Å². The number of phosphoric ester groups is 1. The highest BCUT2D eigenvalue weighted by Gasteiger charge is 2.57. The van der Waals surface area contributed by atoms with Gasteiger partial charge in [0.05, 0.1) is 31.9 Å². The zero-order chi connectivity index (χ0) is 33.5. The van der Waals surface area contributed by atoms with E-state index in [2.05, 4.69) is 29.9 Å². The molecular formula is C24H32N10O11P2. The molecule has 21 nitrogen and oxygen atoms in total. The first kappa shape index (κ1) is 32.2. The number of ether oxygens (including phenoxy) is 2. The number of aliphatic hydroxyl groups excluding tert-OH is 1. The zero-order valence-corrected chi connectivity index (χ0v) is 26.9. The van der Waals surface area contributed by atoms with Crippen LogP contribution in [0.1, 0.15) is 25.6 Å². The van der Waals surface area contributed by atoms with Gasteiger partial charge in [-0.15, -0.1) is 0 Å². The molecule has 2 aliphatic heterocycles. The minimum absolute atomic E-state index is 0.0331. The van der Waals surface area contributed by atoms with Gasteiger partial charge in [-0.3, -0.25) is 32.5 Å². The van der Waals surface area contributed by atoms with Gasteiger partial charge in [-0.2, -0.15) is 4.98 Å².